The lowest BCUT2D eigenvalue weighted by Gasteiger charge is -2.10. The first-order chi connectivity index (χ1) is 7.17. The van der Waals surface area contributed by atoms with Crippen molar-refractivity contribution < 1.29 is 9.53 Å². The van der Waals surface area contributed by atoms with Gasteiger partial charge in [0.05, 0.1) is 13.5 Å². The molecule has 3 nitrogen and oxygen atoms in total. The maximum Gasteiger partial charge on any atom is 0.307 e. The van der Waals surface area contributed by atoms with Crippen LogP contribution in [0, 0.1) is 0 Å². The highest BCUT2D eigenvalue weighted by Crippen LogP contribution is 2.15. The van der Waals surface area contributed by atoms with Crippen LogP contribution in [-0.2, 0) is 16.0 Å². The van der Waals surface area contributed by atoms with Gasteiger partial charge in [-0.1, -0.05) is 31.2 Å². The van der Waals surface area contributed by atoms with E-state index in [1.54, 1.807) is 0 Å². The molecule has 0 aliphatic carbocycles. The summed E-state index contributed by atoms with van der Waals surface area (Å²) in [6, 6.07) is 7.72. The number of hydrogen-bond acceptors (Lipinski definition) is 3. The summed E-state index contributed by atoms with van der Waals surface area (Å²) in [6.07, 6.45) is 1.23. The Labute approximate surface area is 102 Å². The Morgan fingerprint density at radius 1 is 1.38 bits per heavy atom. The predicted molar refractivity (Wildman–Crippen MR) is 66.6 cm³/mol. The van der Waals surface area contributed by atoms with Crippen molar-refractivity contribution in [1.29, 1.82) is 0 Å². The largest absolute Gasteiger partial charge is 0.469 e. The number of esters is 1. The molecule has 0 aromatic heterocycles. The van der Waals surface area contributed by atoms with Crippen LogP contribution < -0.4 is 5.73 Å². The molecule has 1 atom stereocenters. The summed E-state index contributed by atoms with van der Waals surface area (Å²) in [5, 5.41) is 0. The number of benzene rings is 1. The van der Waals surface area contributed by atoms with E-state index in [1.165, 1.54) is 12.7 Å². The molecule has 2 N–H and O–H groups in total. The van der Waals surface area contributed by atoms with Gasteiger partial charge in [-0.15, -0.1) is 12.4 Å². The summed E-state index contributed by atoms with van der Waals surface area (Å²) < 4.78 is 4.57. The quantitative estimate of drug-likeness (QED) is 0.826. The van der Waals surface area contributed by atoms with Gasteiger partial charge < -0.3 is 10.5 Å². The van der Waals surface area contributed by atoms with Crippen molar-refractivity contribution in [2.75, 3.05) is 7.11 Å². The van der Waals surface area contributed by atoms with E-state index < -0.39 is 0 Å². The zero-order valence-electron chi connectivity index (χ0n) is 9.60. The van der Waals surface area contributed by atoms with Crippen molar-refractivity contribution in [1.82, 2.24) is 0 Å². The minimum absolute atomic E-state index is 0. The first-order valence-electron chi connectivity index (χ1n) is 5.08. The Bertz CT molecular complexity index is 324. The number of hydrogen-bond donors (Lipinski definition) is 1. The van der Waals surface area contributed by atoms with E-state index in [9.17, 15) is 4.79 Å². The lowest BCUT2D eigenvalue weighted by Crippen LogP contribution is -2.16. The average Bonchev–Trinajstić information content (AvgIpc) is 2.29. The lowest BCUT2D eigenvalue weighted by molar-refractivity contribution is -0.141. The van der Waals surface area contributed by atoms with Crippen molar-refractivity contribution in [2.24, 2.45) is 5.73 Å². The zero-order valence-corrected chi connectivity index (χ0v) is 10.4. The third-order valence-electron chi connectivity index (χ3n) is 2.43. The monoisotopic (exact) mass is 243 g/mol. The Kier molecular flexibility index (Phi) is 6.77. The fourth-order valence-corrected chi connectivity index (χ4v) is 1.38. The molecule has 0 spiro atoms. The molecule has 0 radical (unpaired) electrons. The zero-order chi connectivity index (χ0) is 11.3. The first-order valence-corrected chi connectivity index (χ1v) is 5.08. The highest BCUT2D eigenvalue weighted by molar-refractivity contribution is 5.85. The van der Waals surface area contributed by atoms with Crippen LogP contribution in [0.5, 0.6) is 0 Å². The van der Waals surface area contributed by atoms with Crippen molar-refractivity contribution in [2.45, 2.75) is 25.8 Å². The number of carbonyl (C=O) groups is 1. The average molecular weight is 244 g/mol. The molecule has 4 heteroatoms. The predicted octanol–water partition coefficient (Wildman–Crippen LogP) is 2.23. The summed E-state index contributed by atoms with van der Waals surface area (Å²) >= 11 is 0. The summed E-state index contributed by atoms with van der Waals surface area (Å²) in [4.78, 5) is 11.0. The van der Waals surface area contributed by atoms with Crippen LogP contribution in [0.4, 0.5) is 0 Å². The molecule has 0 aliphatic heterocycles. The normalized spacial score (nSPS) is 11.4. The van der Waals surface area contributed by atoms with Crippen LogP contribution >= 0.6 is 12.4 Å². The molecule has 16 heavy (non-hydrogen) atoms. The van der Waals surface area contributed by atoms with Gasteiger partial charge in [0.1, 0.15) is 0 Å². The van der Waals surface area contributed by atoms with Crippen LogP contribution in [-0.4, -0.2) is 13.1 Å². The highest BCUT2D eigenvalue weighted by Gasteiger charge is 2.11. The van der Waals surface area contributed by atoms with Crippen molar-refractivity contribution >= 4 is 18.4 Å². The maximum atomic E-state index is 11.0. The molecular weight excluding hydrogens is 226 g/mol. The Hall–Kier alpha value is -1.06. The number of ether oxygens (including phenoxy) is 1. The van der Waals surface area contributed by atoms with E-state index in [0.717, 1.165) is 12.0 Å². The van der Waals surface area contributed by atoms with Crippen LogP contribution in [0.25, 0.3) is 0 Å². The Morgan fingerprint density at radius 2 is 1.94 bits per heavy atom. The number of carbonyl (C=O) groups excluding carboxylic acids is 1. The van der Waals surface area contributed by atoms with Crippen molar-refractivity contribution in [3.63, 3.8) is 0 Å². The minimum atomic E-state index is -0.276. The Balaban J connectivity index is 0.00000225. The van der Waals surface area contributed by atoms with E-state index >= 15 is 0 Å². The lowest BCUT2D eigenvalue weighted by atomic mass is 10.0. The molecule has 0 unspecified atom stereocenters. The van der Waals surface area contributed by atoms with Crippen molar-refractivity contribution in [3.8, 4) is 0 Å². The van der Waals surface area contributed by atoms with E-state index in [-0.39, 0.29) is 30.8 Å². The minimum Gasteiger partial charge on any atom is -0.469 e. The number of halogens is 1. The van der Waals surface area contributed by atoms with Crippen molar-refractivity contribution in [3.05, 3.63) is 35.4 Å². The van der Waals surface area contributed by atoms with Gasteiger partial charge in [0.2, 0.25) is 0 Å². The fourth-order valence-electron chi connectivity index (χ4n) is 1.38. The molecule has 0 amide bonds. The second kappa shape index (κ2) is 7.25. The van der Waals surface area contributed by atoms with Crippen LogP contribution in [0.3, 0.4) is 0 Å². The van der Waals surface area contributed by atoms with Gasteiger partial charge in [0, 0.05) is 6.04 Å². The fraction of sp³-hybridized carbons (Fsp3) is 0.417. The second-order valence-corrected chi connectivity index (χ2v) is 3.48. The molecular formula is C12H18ClNO2. The van der Waals surface area contributed by atoms with Gasteiger partial charge in [-0.3, -0.25) is 4.79 Å². The molecule has 90 valence electrons. The van der Waals surface area contributed by atoms with Crippen LogP contribution in [0.2, 0.25) is 0 Å². The first kappa shape index (κ1) is 14.9. The third-order valence-corrected chi connectivity index (χ3v) is 2.43. The summed E-state index contributed by atoms with van der Waals surface area (Å²) in [7, 11) is 1.37. The third kappa shape index (κ3) is 4.21. The molecule has 1 aromatic carbocycles. The summed E-state index contributed by atoms with van der Waals surface area (Å²) in [5.74, 6) is -0.276. The standard InChI is InChI=1S/C12H17NO2.ClH/c1-3-9-4-6-10(7-5-9)11(13)8-12(14)15-2;/h4-7,11H,3,8,13H2,1-2H3;1H/t11-;/m0./s1. The highest BCUT2D eigenvalue weighted by atomic mass is 35.5. The maximum absolute atomic E-state index is 11.0. The second-order valence-electron chi connectivity index (χ2n) is 3.48. The SMILES string of the molecule is CCc1ccc([C@@H](N)CC(=O)OC)cc1.Cl. The number of nitrogens with two attached hydrogens (primary N) is 1. The van der Waals surface area contributed by atoms with Gasteiger partial charge in [-0.05, 0) is 17.5 Å². The number of aryl methyl sites for hydroxylation is 1. The molecule has 1 rings (SSSR count). The molecule has 0 bridgehead atoms. The number of rotatable bonds is 4. The molecule has 0 saturated heterocycles. The molecule has 0 aliphatic rings. The van der Waals surface area contributed by atoms with Gasteiger partial charge in [0.15, 0.2) is 0 Å². The van der Waals surface area contributed by atoms with E-state index in [4.69, 9.17) is 5.73 Å². The number of methoxy groups -OCH3 is 1. The topological polar surface area (TPSA) is 52.3 Å². The van der Waals surface area contributed by atoms with E-state index in [1.807, 2.05) is 24.3 Å². The molecule has 0 saturated carbocycles. The molecule has 0 heterocycles. The molecule has 0 fully saturated rings. The smallest absolute Gasteiger partial charge is 0.307 e. The van der Waals surface area contributed by atoms with Gasteiger partial charge >= 0.3 is 5.97 Å². The van der Waals surface area contributed by atoms with Gasteiger partial charge in [-0.2, -0.15) is 0 Å². The van der Waals surface area contributed by atoms with Crippen LogP contribution in [0.15, 0.2) is 24.3 Å². The summed E-state index contributed by atoms with van der Waals surface area (Å²) in [6.45, 7) is 2.10. The molecule has 1 aromatic rings. The summed E-state index contributed by atoms with van der Waals surface area (Å²) in [5.41, 5.74) is 8.10. The van der Waals surface area contributed by atoms with E-state index in [0.29, 0.717) is 0 Å². The van der Waals surface area contributed by atoms with E-state index in [2.05, 4.69) is 11.7 Å². The van der Waals surface area contributed by atoms with Gasteiger partial charge in [-0.25, -0.2) is 0 Å². The van der Waals surface area contributed by atoms with Gasteiger partial charge in [0.25, 0.3) is 0 Å². The Morgan fingerprint density at radius 3 is 2.38 bits per heavy atom. The van der Waals surface area contributed by atoms with Crippen LogP contribution in [0.1, 0.15) is 30.5 Å².